The predicted molar refractivity (Wildman–Crippen MR) is 135 cm³/mol. The Balaban J connectivity index is 0.00000181. The Hall–Kier alpha value is -1.60. The van der Waals surface area contributed by atoms with Gasteiger partial charge in [0.2, 0.25) is 5.91 Å². The van der Waals surface area contributed by atoms with Crippen molar-refractivity contribution in [1.29, 1.82) is 0 Å². The van der Waals surface area contributed by atoms with Gasteiger partial charge < -0.3 is 15.5 Å². The maximum Gasteiger partial charge on any atom is 0.233 e. The van der Waals surface area contributed by atoms with Crippen LogP contribution in [0.3, 0.4) is 0 Å². The van der Waals surface area contributed by atoms with Crippen LogP contribution in [0.2, 0.25) is 5.02 Å². The molecule has 32 heavy (non-hydrogen) atoms. The number of piperazine rings is 1. The van der Waals surface area contributed by atoms with Gasteiger partial charge in [0, 0.05) is 42.5 Å². The number of carbonyl (C=O) groups excluding carboxylic acids is 1. The summed E-state index contributed by atoms with van der Waals surface area (Å²) in [5, 5.41) is 0.668. The van der Waals surface area contributed by atoms with Gasteiger partial charge in [0.05, 0.1) is 5.41 Å². The number of carbonyl (C=O) groups is 1. The van der Waals surface area contributed by atoms with Gasteiger partial charge in [-0.2, -0.15) is 0 Å². The molecule has 2 aliphatic rings. The molecule has 6 nitrogen and oxygen atoms in total. The van der Waals surface area contributed by atoms with Crippen LogP contribution in [-0.2, 0) is 16.6 Å². The summed E-state index contributed by atoms with van der Waals surface area (Å²) >= 11 is 6.06. The van der Waals surface area contributed by atoms with Crippen LogP contribution in [0.1, 0.15) is 49.4 Å². The number of aryl methyl sites for hydroxylation is 1. The van der Waals surface area contributed by atoms with Crippen molar-refractivity contribution >= 4 is 48.1 Å². The maximum absolute atomic E-state index is 13.6. The summed E-state index contributed by atoms with van der Waals surface area (Å²) in [7, 11) is 0. The van der Waals surface area contributed by atoms with Crippen LogP contribution < -0.4 is 10.6 Å². The highest BCUT2D eigenvalue weighted by Crippen LogP contribution is 2.37. The molecule has 2 aromatic rings. The van der Waals surface area contributed by atoms with Gasteiger partial charge in [-0.3, -0.25) is 4.79 Å². The zero-order chi connectivity index (χ0) is 21.3. The van der Waals surface area contributed by atoms with Crippen molar-refractivity contribution in [1.82, 2.24) is 14.9 Å². The molecule has 0 spiro atoms. The highest BCUT2D eigenvalue weighted by molar-refractivity contribution is 6.30. The van der Waals surface area contributed by atoms with E-state index in [0.717, 1.165) is 37.3 Å². The molecular weight excluding hydrogens is 469 g/mol. The minimum Gasteiger partial charge on any atom is -0.353 e. The highest BCUT2D eigenvalue weighted by atomic mass is 35.5. The molecule has 1 aromatic heterocycles. The van der Waals surface area contributed by atoms with Crippen molar-refractivity contribution in [3.8, 4) is 0 Å². The van der Waals surface area contributed by atoms with E-state index in [0.29, 0.717) is 37.0 Å². The van der Waals surface area contributed by atoms with E-state index >= 15 is 0 Å². The number of nitrogens with two attached hydrogens (primary N) is 1. The van der Waals surface area contributed by atoms with Crippen LogP contribution >= 0.6 is 36.4 Å². The van der Waals surface area contributed by atoms with E-state index in [9.17, 15) is 4.79 Å². The van der Waals surface area contributed by atoms with E-state index in [1.165, 1.54) is 11.3 Å². The number of benzene rings is 1. The van der Waals surface area contributed by atoms with Crippen LogP contribution in [-0.4, -0.2) is 53.5 Å². The molecule has 1 aliphatic carbocycles. The zero-order valence-electron chi connectivity index (χ0n) is 18.6. The molecule has 2 heterocycles. The van der Waals surface area contributed by atoms with Crippen molar-refractivity contribution in [3.63, 3.8) is 0 Å². The Kier molecular flexibility index (Phi) is 9.17. The smallest absolute Gasteiger partial charge is 0.233 e. The van der Waals surface area contributed by atoms with Crippen LogP contribution in [0.15, 0.2) is 30.6 Å². The van der Waals surface area contributed by atoms with E-state index < -0.39 is 5.41 Å². The molecule has 1 aromatic carbocycles. The van der Waals surface area contributed by atoms with Crippen molar-refractivity contribution in [2.75, 3.05) is 37.6 Å². The van der Waals surface area contributed by atoms with Gasteiger partial charge in [0.15, 0.2) is 0 Å². The minimum absolute atomic E-state index is 0. The largest absolute Gasteiger partial charge is 0.353 e. The van der Waals surface area contributed by atoms with Gasteiger partial charge in [0.1, 0.15) is 12.1 Å². The molecular formula is C23H32Cl3N5O. The quantitative estimate of drug-likeness (QED) is 0.672. The second-order valence-corrected chi connectivity index (χ2v) is 9.09. The van der Waals surface area contributed by atoms with Crippen molar-refractivity contribution < 1.29 is 4.79 Å². The number of fused-ring (bicyclic) bond motifs is 1. The third kappa shape index (κ3) is 4.98. The Bertz CT molecular complexity index is 918. The van der Waals surface area contributed by atoms with Crippen molar-refractivity contribution in [2.45, 2.75) is 44.4 Å². The predicted octanol–water partition coefficient (Wildman–Crippen LogP) is 3.98. The number of halogens is 3. The van der Waals surface area contributed by atoms with E-state index in [1.54, 1.807) is 6.33 Å². The van der Waals surface area contributed by atoms with Gasteiger partial charge in [-0.1, -0.05) is 30.7 Å². The average Bonchev–Trinajstić information content (AvgIpc) is 3.15. The number of hydrogen-bond acceptors (Lipinski definition) is 5. The van der Waals surface area contributed by atoms with E-state index in [1.807, 2.05) is 36.1 Å². The molecule has 0 bridgehead atoms. The molecule has 1 amide bonds. The third-order valence-corrected chi connectivity index (χ3v) is 6.97. The molecule has 1 aliphatic heterocycles. The lowest BCUT2D eigenvalue weighted by Crippen LogP contribution is -2.54. The topological polar surface area (TPSA) is 75.4 Å². The highest BCUT2D eigenvalue weighted by Gasteiger charge is 2.39. The zero-order valence-corrected chi connectivity index (χ0v) is 21.0. The monoisotopic (exact) mass is 499 g/mol. The van der Waals surface area contributed by atoms with Crippen LogP contribution in [0, 0.1) is 0 Å². The van der Waals surface area contributed by atoms with Crippen molar-refractivity contribution in [2.24, 2.45) is 5.73 Å². The lowest BCUT2D eigenvalue weighted by molar-refractivity contribution is -0.137. The average molecular weight is 501 g/mol. The first-order chi connectivity index (χ1) is 14.4. The molecule has 0 saturated carbocycles. The Labute approximate surface area is 207 Å². The van der Waals surface area contributed by atoms with Gasteiger partial charge in [-0.05, 0) is 56.3 Å². The van der Waals surface area contributed by atoms with E-state index in [4.69, 9.17) is 17.3 Å². The lowest BCUT2D eigenvalue weighted by Gasteiger charge is -2.41. The standard InChI is InChI=1S/C23H30ClN5O.2ClH/c1-16-3-8-19-20(16)21(27-15-26-19)28-11-13-29(14-12-28)22(30)23(2,9-10-25)17-4-6-18(24)7-5-17;;/h4-7,15-16H,3,8-14,25H2,1-2H3;2*1H/t16-,23+;;/m1../s1. The first-order valence-corrected chi connectivity index (χ1v) is 11.2. The molecule has 9 heteroatoms. The number of rotatable bonds is 5. The molecule has 0 radical (unpaired) electrons. The lowest BCUT2D eigenvalue weighted by atomic mass is 9.78. The normalized spacial score (nSPS) is 19.4. The molecule has 176 valence electrons. The Morgan fingerprint density at radius 1 is 1.16 bits per heavy atom. The second-order valence-electron chi connectivity index (χ2n) is 8.65. The first-order valence-electron chi connectivity index (χ1n) is 10.8. The molecule has 0 unspecified atom stereocenters. The molecule has 2 atom stereocenters. The summed E-state index contributed by atoms with van der Waals surface area (Å²) in [5.74, 6) is 1.68. The van der Waals surface area contributed by atoms with Crippen LogP contribution in [0.25, 0.3) is 0 Å². The fourth-order valence-electron chi connectivity index (χ4n) is 4.83. The second kappa shape index (κ2) is 11.0. The fraction of sp³-hybridized carbons (Fsp3) is 0.522. The van der Waals surface area contributed by atoms with Gasteiger partial charge in [-0.15, -0.1) is 24.8 Å². The van der Waals surface area contributed by atoms with Gasteiger partial charge in [-0.25, -0.2) is 9.97 Å². The summed E-state index contributed by atoms with van der Waals surface area (Å²) in [5.41, 5.74) is 8.69. The number of amides is 1. The fourth-order valence-corrected chi connectivity index (χ4v) is 4.95. The number of nitrogens with zero attached hydrogens (tertiary/aromatic N) is 4. The maximum atomic E-state index is 13.6. The summed E-state index contributed by atoms with van der Waals surface area (Å²) in [4.78, 5) is 27.0. The van der Waals surface area contributed by atoms with Gasteiger partial charge in [0.25, 0.3) is 0 Å². The molecule has 1 fully saturated rings. The Morgan fingerprint density at radius 3 is 2.44 bits per heavy atom. The molecule has 2 N–H and O–H groups in total. The summed E-state index contributed by atoms with van der Waals surface area (Å²) in [6.07, 6.45) is 4.45. The Morgan fingerprint density at radius 2 is 1.81 bits per heavy atom. The van der Waals surface area contributed by atoms with E-state index in [-0.39, 0.29) is 30.7 Å². The van der Waals surface area contributed by atoms with Gasteiger partial charge >= 0.3 is 0 Å². The SMILES string of the molecule is C[C@@H]1CCc2ncnc(N3CCN(C(=O)[C@@](C)(CCN)c4ccc(Cl)cc4)CC3)c21.Cl.Cl. The summed E-state index contributed by atoms with van der Waals surface area (Å²) in [6, 6.07) is 7.57. The number of aromatic nitrogens is 2. The minimum atomic E-state index is -0.647. The van der Waals surface area contributed by atoms with Crippen molar-refractivity contribution in [3.05, 3.63) is 52.4 Å². The number of anilines is 1. The first kappa shape index (κ1) is 26.7. The molecule has 1 saturated heterocycles. The number of hydrogen-bond donors (Lipinski definition) is 1. The summed E-state index contributed by atoms with van der Waals surface area (Å²) < 4.78 is 0. The van der Waals surface area contributed by atoms with Crippen LogP contribution in [0.4, 0.5) is 5.82 Å². The van der Waals surface area contributed by atoms with E-state index in [2.05, 4.69) is 21.8 Å². The van der Waals surface area contributed by atoms with Crippen LogP contribution in [0.5, 0.6) is 0 Å². The summed E-state index contributed by atoms with van der Waals surface area (Å²) in [6.45, 7) is 7.62. The molecule has 4 rings (SSSR count). The third-order valence-electron chi connectivity index (χ3n) is 6.72.